The highest BCUT2D eigenvalue weighted by molar-refractivity contribution is 7.99. The van der Waals surface area contributed by atoms with Gasteiger partial charge in [-0.1, -0.05) is 0 Å². The minimum atomic E-state index is -5.32. The van der Waals surface area contributed by atoms with Crippen molar-refractivity contribution in [2.24, 2.45) is 11.5 Å². The van der Waals surface area contributed by atoms with Gasteiger partial charge in [-0.15, -0.1) is 49.9 Å². The number of hydrogen-bond acceptors (Lipinski definition) is 19. The largest absolute Gasteiger partial charge is 0.575 e. The van der Waals surface area contributed by atoms with Crippen LogP contribution in [0.25, 0.3) is 0 Å². The number of aromatic nitrogens is 4. The zero-order valence-electron chi connectivity index (χ0n) is 34.7. The van der Waals surface area contributed by atoms with Crippen molar-refractivity contribution in [2.75, 3.05) is 24.6 Å². The third-order valence-electron chi connectivity index (χ3n) is 8.23. The van der Waals surface area contributed by atoms with Crippen molar-refractivity contribution in [1.29, 1.82) is 0 Å². The van der Waals surface area contributed by atoms with Gasteiger partial charge in [0, 0.05) is 55.6 Å². The Balaban J connectivity index is 2.59. The number of aliphatic carboxylic acids is 4. The molecule has 0 aromatic carbocycles. The third-order valence-corrected chi connectivity index (χ3v) is 10.9. The highest BCUT2D eigenvalue weighted by Crippen LogP contribution is 2.37. The van der Waals surface area contributed by atoms with Crippen LogP contribution in [0.3, 0.4) is 0 Å². The maximum Gasteiger partial charge on any atom is 0.575 e. The Labute approximate surface area is 386 Å². The van der Waals surface area contributed by atoms with Crippen LogP contribution in [-0.2, 0) is 43.2 Å². The molecule has 12 N–H and O–H groups in total. The van der Waals surface area contributed by atoms with Gasteiger partial charge in [0.1, 0.15) is 48.9 Å². The first-order valence-electron chi connectivity index (χ1n) is 19.1. The van der Waals surface area contributed by atoms with Crippen LogP contribution in [0, 0.1) is 0 Å². The van der Waals surface area contributed by atoms with Crippen molar-refractivity contribution in [3.8, 4) is 11.9 Å². The molecule has 2 rings (SSSR count). The summed E-state index contributed by atoms with van der Waals surface area (Å²) in [6.07, 6.45) is -12.6. The molecule has 2 aromatic heterocycles. The van der Waals surface area contributed by atoms with E-state index in [1.54, 1.807) is 0 Å². The third kappa shape index (κ3) is 23.2. The van der Waals surface area contributed by atoms with Crippen molar-refractivity contribution in [3.63, 3.8) is 0 Å². The molecule has 0 aliphatic carbocycles. The highest BCUT2D eigenvalue weighted by atomic mass is 32.2. The molecule has 6 atom stereocenters. The van der Waals surface area contributed by atoms with Crippen molar-refractivity contribution in [1.82, 2.24) is 41.2 Å². The zero-order valence-corrected chi connectivity index (χ0v) is 36.3. The summed E-state index contributed by atoms with van der Waals surface area (Å²) in [6, 6.07) is -5.92. The summed E-state index contributed by atoms with van der Waals surface area (Å²) in [4.78, 5) is 125. The zero-order chi connectivity index (χ0) is 51.4. The van der Waals surface area contributed by atoms with Gasteiger partial charge in [0.05, 0.1) is 16.2 Å². The van der Waals surface area contributed by atoms with Gasteiger partial charge in [-0.2, -0.15) is 9.97 Å². The lowest BCUT2D eigenvalue weighted by Gasteiger charge is -2.23. The number of alkyl halides is 6. The number of ketones is 1. The van der Waals surface area contributed by atoms with Crippen LogP contribution in [0.4, 0.5) is 26.3 Å². The fourth-order valence-electron chi connectivity index (χ4n) is 5.06. The molecule has 33 heteroatoms. The quantitative estimate of drug-likeness (QED) is 0.0438. The van der Waals surface area contributed by atoms with Crippen LogP contribution in [0.1, 0.15) is 60.5 Å². The molecule has 68 heavy (non-hydrogen) atoms. The second-order valence-corrected chi connectivity index (χ2v) is 16.1. The molecule has 2 heterocycles. The van der Waals surface area contributed by atoms with E-state index in [1.165, 1.54) is 0 Å². The Morgan fingerprint density at radius 2 is 1.10 bits per heavy atom. The topological polar surface area (TPSA) is 405 Å². The SMILES string of the molecule is NC(CCC(=O)NC(CSC(CC(=O)CC(SCC(NC(=O)CCC(N)C(=O)O)C(=O)NCC(=O)O)c1nccc(OC(F)(F)F)n1)c1ccnc(OC(F)(F)F)n1)C(=O)NCC(=O)O)C(=O)O. The van der Waals surface area contributed by atoms with Crippen LogP contribution in [0.5, 0.6) is 11.9 Å². The minimum absolute atomic E-state index is 0.373. The normalized spacial score (nSPS) is 14.1. The van der Waals surface area contributed by atoms with E-state index in [4.69, 9.17) is 31.9 Å². The Morgan fingerprint density at radius 3 is 1.56 bits per heavy atom. The number of carboxylic acid groups (broad SMARTS) is 4. The van der Waals surface area contributed by atoms with Crippen LogP contribution >= 0.6 is 23.5 Å². The number of halogens is 6. The van der Waals surface area contributed by atoms with Gasteiger partial charge in [-0.05, 0) is 18.9 Å². The lowest BCUT2D eigenvalue weighted by molar-refractivity contribution is -0.278. The summed E-state index contributed by atoms with van der Waals surface area (Å²) in [6.45, 7) is -1.93. The fourth-order valence-corrected chi connectivity index (χ4v) is 7.55. The van der Waals surface area contributed by atoms with E-state index < -0.39 is 182 Å². The van der Waals surface area contributed by atoms with Crippen LogP contribution in [0.15, 0.2) is 24.5 Å². The predicted molar refractivity (Wildman–Crippen MR) is 217 cm³/mol. The maximum absolute atomic E-state index is 14.0. The summed E-state index contributed by atoms with van der Waals surface area (Å²) < 4.78 is 86.7. The molecule has 376 valence electrons. The predicted octanol–water partition coefficient (Wildman–Crippen LogP) is -0.583. The second-order valence-electron chi connectivity index (χ2n) is 13.6. The van der Waals surface area contributed by atoms with E-state index in [0.29, 0.717) is 29.6 Å². The smallest absolute Gasteiger partial charge is 0.480 e. The van der Waals surface area contributed by atoms with E-state index >= 15 is 0 Å². The number of ether oxygens (including phenoxy) is 2. The number of thioether (sulfide) groups is 2. The number of Topliss-reactive ketones (excluding diaryl/α,β-unsaturated/α-hetero) is 1. The number of carbonyl (C=O) groups is 9. The minimum Gasteiger partial charge on any atom is -0.480 e. The summed E-state index contributed by atoms with van der Waals surface area (Å²) in [7, 11) is 0. The van der Waals surface area contributed by atoms with E-state index in [9.17, 15) is 69.5 Å². The molecule has 0 radical (unpaired) electrons. The van der Waals surface area contributed by atoms with E-state index in [0.717, 1.165) is 18.5 Å². The molecule has 0 fully saturated rings. The molecule has 0 aliphatic rings. The number of carbonyl (C=O) groups excluding carboxylic acids is 5. The van der Waals surface area contributed by atoms with Crippen LogP contribution in [0.2, 0.25) is 0 Å². The van der Waals surface area contributed by atoms with Crippen molar-refractivity contribution >= 4 is 76.8 Å². The molecule has 0 saturated heterocycles. The van der Waals surface area contributed by atoms with Crippen LogP contribution < -0.4 is 42.2 Å². The number of nitrogens with one attached hydrogen (secondary N) is 4. The van der Waals surface area contributed by atoms with E-state index in [1.807, 2.05) is 10.6 Å². The van der Waals surface area contributed by atoms with Gasteiger partial charge >= 0.3 is 42.6 Å². The van der Waals surface area contributed by atoms with Gasteiger partial charge in [-0.3, -0.25) is 43.2 Å². The Morgan fingerprint density at radius 1 is 0.647 bits per heavy atom. The molecule has 0 aliphatic heterocycles. The Bertz CT molecular complexity index is 1990. The summed E-state index contributed by atoms with van der Waals surface area (Å²) in [5.41, 5.74) is 10.5. The molecule has 0 bridgehead atoms. The van der Waals surface area contributed by atoms with E-state index in [-0.39, 0.29) is 5.69 Å². The first-order valence-corrected chi connectivity index (χ1v) is 21.2. The second kappa shape index (κ2) is 27.3. The summed E-state index contributed by atoms with van der Waals surface area (Å²) in [5.74, 6) is -13.9. The monoisotopic (exact) mass is 1020 g/mol. The van der Waals surface area contributed by atoms with Gasteiger partial charge < -0.3 is 62.6 Å². The van der Waals surface area contributed by atoms with Crippen molar-refractivity contribution in [2.45, 2.75) is 85.9 Å². The van der Waals surface area contributed by atoms with E-state index in [2.05, 4.69) is 40.0 Å². The number of rotatable bonds is 30. The van der Waals surface area contributed by atoms with Gasteiger partial charge in [-0.25, -0.2) is 9.97 Å². The summed E-state index contributed by atoms with van der Waals surface area (Å²) >= 11 is 1.13. The first kappa shape index (κ1) is 57.5. The lowest BCUT2D eigenvalue weighted by Crippen LogP contribution is -2.49. The molecule has 2 aromatic rings. The van der Waals surface area contributed by atoms with Crippen molar-refractivity contribution < 1.29 is 99.4 Å². The highest BCUT2D eigenvalue weighted by Gasteiger charge is 2.35. The number of nitrogens with two attached hydrogens (primary N) is 2. The average Bonchev–Trinajstić information content (AvgIpc) is 3.23. The van der Waals surface area contributed by atoms with Gasteiger partial charge in [0.15, 0.2) is 0 Å². The average molecular weight is 1020 g/mol. The number of amides is 4. The maximum atomic E-state index is 14.0. The molecule has 0 saturated carbocycles. The summed E-state index contributed by atoms with van der Waals surface area (Å²) in [5, 5.41) is 41.9. The lowest BCUT2D eigenvalue weighted by atomic mass is 10.1. The van der Waals surface area contributed by atoms with Gasteiger partial charge in [0.2, 0.25) is 29.5 Å². The number of nitrogens with zero attached hydrogens (tertiary/aromatic N) is 4. The Hall–Kier alpha value is -6.61. The number of hydrogen-bond donors (Lipinski definition) is 10. The standard InChI is InChI=1S/C35H42F6N10O15S2/c36-34(37,38)65-25-6-8-44-28(51-25)22(68-14-20(30(60)47-12-27(57)58)49-24(54)4-2-17(43)32(63)64)10-15(52)9-21(18-5-7-45-33(50-18)66-35(39,40)41)67-13-19(29(59)46-11-26(55)56)48-23(53)3-1-16(42)31(61)62/h5-8,16-17,19-22H,1-4,9-14,42-43H2,(H,46,59)(H,47,60)(H,48,53)(H,49,54)(H,55,56)(H,57,58)(H,61,62)(H,63,64). The fraction of sp³-hybridized carbons (Fsp3) is 0.514. The molecular weight excluding hydrogens is 979 g/mol. The first-order chi connectivity index (χ1) is 31.6. The Kier molecular flexibility index (Phi) is 23.1. The van der Waals surface area contributed by atoms with Gasteiger partial charge in [0.25, 0.3) is 0 Å². The molecule has 6 unspecified atom stereocenters. The van der Waals surface area contributed by atoms with Crippen molar-refractivity contribution in [3.05, 3.63) is 36.0 Å². The molecule has 4 amide bonds. The molecule has 25 nitrogen and oxygen atoms in total. The van der Waals surface area contributed by atoms with Crippen LogP contribution in [-0.4, -0.2) is 155 Å². The number of carboxylic acids is 4. The molecular formula is C35H42F6N10O15S2. The molecule has 0 spiro atoms.